The third-order valence-electron chi connectivity index (χ3n) is 22.8. The third kappa shape index (κ3) is 47.1. The number of rotatable bonds is 70. The number of carbonyl (C=O) groups excluding carboxylic acids is 13. The summed E-state index contributed by atoms with van der Waals surface area (Å²) >= 11 is 1.49. The number of nitrogens with zero attached hydrogens (tertiary/aromatic N) is 2. The summed E-state index contributed by atoms with van der Waals surface area (Å²) in [6.07, 6.45) is 20.0. The molecule has 13 atom stereocenters. The fraction of sp³-hybridized carbons (Fsp3) is 0.674. The molecular formula is C92H151N15O17S. The highest BCUT2D eigenvalue weighted by atomic mass is 32.2. The monoisotopic (exact) mass is 1770 g/mol. The molecule has 33 heteroatoms. The maximum absolute atomic E-state index is 15.0. The van der Waals surface area contributed by atoms with E-state index in [4.69, 9.17) is 39.5 Å². The van der Waals surface area contributed by atoms with Crippen LogP contribution < -0.4 is 66.3 Å². The predicted molar refractivity (Wildman–Crippen MR) is 490 cm³/mol. The molecule has 1 heterocycles. The summed E-state index contributed by atoms with van der Waals surface area (Å²) in [6, 6.07) is 12.0. The minimum Gasteiger partial charge on any atom is -0.481 e. The average molecular weight is 1770 g/mol. The van der Waals surface area contributed by atoms with Gasteiger partial charge in [-0.25, -0.2) is 0 Å². The van der Waals surface area contributed by atoms with Crippen molar-refractivity contribution in [3.8, 4) is 0 Å². The average Bonchev–Trinajstić information content (AvgIpc) is 1.71. The zero-order valence-electron chi connectivity index (χ0n) is 75.8. The molecule has 1 aromatic heterocycles. The number of fused-ring (bicyclic) bond motifs is 1. The number of unbranched alkanes of at least 4 members (excludes halogenated alkanes) is 13. The van der Waals surface area contributed by atoms with Gasteiger partial charge in [-0.15, -0.1) is 0 Å². The smallest absolute Gasteiger partial charge is 0.304 e. The van der Waals surface area contributed by atoms with Gasteiger partial charge in [0.1, 0.15) is 11.8 Å². The summed E-state index contributed by atoms with van der Waals surface area (Å²) in [5.41, 5.74) is 36.2. The molecule has 2 aromatic carbocycles. The number of para-hydroxylation sites is 1. The highest BCUT2D eigenvalue weighted by Crippen LogP contribution is 2.28. The minimum atomic E-state index is -1.48. The van der Waals surface area contributed by atoms with Gasteiger partial charge in [0.2, 0.25) is 41.4 Å². The van der Waals surface area contributed by atoms with Crippen LogP contribution in [0.25, 0.3) is 10.9 Å². The van der Waals surface area contributed by atoms with Crippen molar-refractivity contribution in [2.45, 2.75) is 291 Å². The molecule has 32 nitrogen and oxygen atoms in total. The van der Waals surface area contributed by atoms with E-state index in [-0.39, 0.29) is 118 Å². The van der Waals surface area contributed by atoms with Crippen LogP contribution in [-0.4, -0.2) is 196 Å². The Balaban J connectivity index is 0.00000102. The number of aliphatic hydroxyl groups excluding tert-OH is 2. The Morgan fingerprint density at radius 1 is 0.512 bits per heavy atom. The van der Waals surface area contributed by atoms with Crippen molar-refractivity contribution in [2.75, 3.05) is 51.8 Å². The number of aliphatic hydroxyl groups is 2. The van der Waals surface area contributed by atoms with E-state index in [1.165, 1.54) is 83.5 Å². The predicted octanol–water partition coefficient (Wildman–Crippen LogP) is 7.73. The summed E-state index contributed by atoms with van der Waals surface area (Å²) in [6.45, 7) is 12.8. The van der Waals surface area contributed by atoms with Crippen molar-refractivity contribution in [3.63, 3.8) is 0 Å². The number of aliphatic carboxylic acids is 1. The van der Waals surface area contributed by atoms with Crippen molar-refractivity contribution in [1.29, 1.82) is 0 Å². The van der Waals surface area contributed by atoms with Crippen LogP contribution in [0.4, 0.5) is 0 Å². The molecule has 0 radical (unpaired) electrons. The molecule has 0 aliphatic carbocycles. The Kier molecular flexibility index (Phi) is 57.4. The number of thioether (sulfide) groups is 1. The number of guanidine groups is 2. The molecule has 702 valence electrons. The molecule has 125 heavy (non-hydrogen) atoms. The molecule has 0 unspecified atom stereocenters. The molecule has 3 aromatic rings. The van der Waals surface area contributed by atoms with Crippen molar-refractivity contribution >= 4 is 117 Å². The first-order chi connectivity index (χ1) is 59.5. The molecule has 0 aliphatic heterocycles. The van der Waals surface area contributed by atoms with Gasteiger partial charge in [0, 0.05) is 118 Å². The van der Waals surface area contributed by atoms with Crippen LogP contribution in [-0.2, 0) is 80.0 Å². The van der Waals surface area contributed by atoms with Gasteiger partial charge in [0.05, 0.1) is 55.6 Å². The lowest BCUT2D eigenvalue weighted by atomic mass is 9.84. The SMILES string of the molecule is CCCCCCCCCCCCCCCC(=O)NCC(=O)C[C@@H](CO)C(=O)N[C@H](C(=O)C[C@@H](CC(=O)O)C(=O)NC)[C@@H](C)O.CC[C@H](C)[C@H](CC(=O)[C@H](Cc1ccccc1)NC(=O)[C@H](CCSC)CC(=O)[C@H](Cc1c[nH]c2ccccc12)NC(=O)[C@H](CCCCN)CC(=O)[C@H](CCCN=C(N)N)NC(=O)[C@@H](CC(=O)[C@@H](C)CCCN=C(N)N)CC(C)C)C(N)=O. The van der Waals surface area contributed by atoms with E-state index in [1.807, 2.05) is 88.5 Å². The highest BCUT2D eigenvalue weighted by molar-refractivity contribution is 7.98. The number of amides is 7. The van der Waals surface area contributed by atoms with Crippen LogP contribution in [0.5, 0.6) is 0 Å². The standard InChI is InChI=1S/C60H94N12O8S.C32H57N3O9/c1-7-38(4)46(55(62)77)35-54(76)49(30-40-18-9-8-10-19-40)71-57(79)42(24-28-81-6)33-53(75)50(31-44-36-69-47-22-12-11-21-45(44)47)72-56(78)41(20-13-14-25-61)32-52(74)48(23-16-27-68-60(65)66)70-58(80)43(29-37(2)3)34-51(73)39(5)17-15-26-67-59(63)64;1-4-5-6-7-8-9-10-11-12-13-14-15-16-17-28(40)34-21-26(38)18-25(22-36)32(44)35-30(23(2)37)27(39)19-24(20-29(41)42)31(43)33-3/h8-12,18-19,21-22,36-39,41-43,46,48-50,69H,7,13-17,20,23-35,61H2,1-6H3,(H2,62,77)(H,70,80)(H,71,79)(H,72,78)(H4,63,64,67)(H4,65,66,68);23-25,30,36-37H,4-22H2,1-3H3,(H,33,43)(H,34,40)(H,35,44)(H,41,42)/t38-,39-,41+,42+,43+,46-,48-,49-,50-;23-,24+,25+,30+/m01/s1. The number of nitrogens with two attached hydrogens (primary N) is 6. The summed E-state index contributed by atoms with van der Waals surface area (Å²) < 4.78 is 0. The number of aromatic amines is 1. The fourth-order valence-corrected chi connectivity index (χ4v) is 15.5. The number of aliphatic imine (C=N–C) groups is 2. The van der Waals surface area contributed by atoms with Crippen LogP contribution in [0.15, 0.2) is 70.8 Å². The Hall–Kier alpha value is -9.47. The van der Waals surface area contributed by atoms with Crippen molar-refractivity contribution in [1.82, 2.24) is 36.9 Å². The van der Waals surface area contributed by atoms with Crippen LogP contribution in [0, 0.1) is 53.3 Å². The fourth-order valence-electron chi connectivity index (χ4n) is 15.0. The van der Waals surface area contributed by atoms with Crippen LogP contribution in [0.3, 0.4) is 0 Å². The number of carboxylic acids is 1. The van der Waals surface area contributed by atoms with Gasteiger partial charge in [-0.1, -0.05) is 180 Å². The number of aromatic nitrogens is 1. The maximum atomic E-state index is 15.0. The lowest BCUT2D eigenvalue weighted by Gasteiger charge is -2.27. The second-order valence-corrected chi connectivity index (χ2v) is 34.8. The maximum Gasteiger partial charge on any atom is 0.304 e. The number of hydrogen-bond acceptors (Lipinski definition) is 20. The summed E-state index contributed by atoms with van der Waals surface area (Å²) in [5, 5.41) is 45.7. The quantitative estimate of drug-likeness (QED) is 0.0146. The number of nitrogens with one attached hydrogen (secondary N) is 7. The molecule has 22 N–H and O–H groups in total. The van der Waals surface area contributed by atoms with E-state index in [1.54, 1.807) is 13.1 Å². The van der Waals surface area contributed by atoms with E-state index in [0.29, 0.717) is 70.2 Å². The van der Waals surface area contributed by atoms with Gasteiger partial charge in [0.25, 0.3) is 0 Å². The number of carbonyl (C=O) groups is 14. The topological polar surface area (TPSA) is 568 Å². The van der Waals surface area contributed by atoms with Crippen molar-refractivity contribution < 1.29 is 82.4 Å². The summed E-state index contributed by atoms with van der Waals surface area (Å²) in [7, 11) is 1.29. The molecule has 3 rings (SSSR count). The van der Waals surface area contributed by atoms with E-state index >= 15 is 4.79 Å². The second-order valence-electron chi connectivity index (χ2n) is 33.8. The lowest BCUT2D eigenvalue weighted by molar-refractivity contribution is -0.142. The van der Waals surface area contributed by atoms with Gasteiger partial charge in [-0.3, -0.25) is 77.1 Å². The molecule has 0 fully saturated rings. The highest BCUT2D eigenvalue weighted by Gasteiger charge is 2.38. The summed E-state index contributed by atoms with van der Waals surface area (Å²) in [4.78, 5) is 198. The number of carboxylic acid groups (broad SMARTS) is 1. The number of primary amides is 1. The number of benzene rings is 2. The molecule has 0 saturated carbocycles. The van der Waals surface area contributed by atoms with Gasteiger partial charge in [-0.2, -0.15) is 11.8 Å². The summed E-state index contributed by atoms with van der Waals surface area (Å²) in [5.74, 6) is -13.8. The molecule has 0 saturated heterocycles. The molecule has 7 amide bonds. The molecular weight excluding hydrogens is 1620 g/mol. The van der Waals surface area contributed by atoms with Gasteiger partial charge < -0.3 is 86.6 Å². The largest absolute Gasteiger partial charge is 0.481 e. The number of H-pyrrole nitrogens is 1. The third-order valence-corrected chi connectivity index (χ3v) is 23.4. The normalized spacial score (nSPS) is 14.4. The van der Waals surface area contributed by atoms with E-state index in [2.05, 4.69) is 53.8 Å². The minimum absolute atomic E-state index is 0.0329. The van der Waals surface area contributed by atoms with Crippen LogP contribution in [0.1, 0.15) is 259 Å². The Labute approximate surface area is 744 Å². The van der Waals surface area contributed by atoms with E-state index in [0.717, 1.165) is 47.7 Å². The lowest BCUT2D eigenvalue weighted by Crippen LogP contribution is -2.51. The van der Waals surface area contributed by atoms with E-state index in [9.17, 15) is 72.5 Å². The number of hydrogen-bond donors (Lipinski definition) is 16. The molecule has 0 bridgehead atoms. The second kappa shape index (κ2) is 64.3. The Bertz CT molecular complexity index is 3850. The Morgan fingerprint density at radius 3 is 1.56 bits per heavy atom. The van der Waals surface area contributed by atoms with Crippen molar-refractivity contribution in [2.24, 2.45) is 97.6 Å². The van der Waals surface area contributed by atoms with Gasteiger partial charge in [0.15, 0.2) is 40.8 Å². The zero-order valence-corrected chi connectivity index (χ0v) is 76.6. The zero-order chi connectivity index (χ0) is 93.3. The van der Waals surface area contributed by atoms with E-state index < -0.39 is 156 Å². The van der Waals surface area contributed by atoms with Gasteiger partial charge in [-0.05, 0) is 119 Å². The first-order valence-electron chi connectivity index (χ1n) is 45.1. The van der Waals surface area contributed by atoms with Crippen molar-refractivity contribution in [3.05, 3.63) is 71.9 Å². The van der Waals surface area contributed by atoms with Gasteiger partial charge >= 0.3 is 5.97 Å². The van der Waals surface area contributed by atoms with Crippen LogP contribution >= 0.6 is 11.8 Å². The first-order valence-corrected chi connectivity index (χ1v) is 46.5. The van der Waals surface area contributed by atoms with Crippen LogP contribution in [0.2, 0.25) is 0 Å². The number of Topliss-reactive ketones (excluding diaryl/α,β-unsaturated/α-hetero) is 6. The Morgan fingerprint density at radius 2 is 1.02 bits per heavy atom. The molecule has 0 aliphatic rings. The molecule has 0 spiro atoms. The number of ketones is 6. The first kappa shape index (κ1) is 112.